The van der Waals surface area contributed by atoms with Crippen molar-refractivity contribution in [2.45, 2.75) is 18.4 Å². The van der Waals surface area contributed by atoms with E-state index in [9.17, 15) is 13.2 Å². The molecule has 3 N–H and O–H groups in total. The van der Waals surface area contributed by atoms with E-state index in [-0.39, 0.29) is 16.5 Å². The zero-order chi connectivity index (χ0) is 23.3. The van der Waals surface area contributed by atoms with Gasteiger partial charge >= 0.3 is 0 Å². The first-order valence-electron chi connectivity index (χ1n) is 10.8. The molecule has 2 aromatic carbocycles. The molecule has 8 nitrogen and oxygen atoms in total. The van der Waals surface area contributed by atoms with Crippen molar-refractivity contribution >= 4 is 27.4 Å². The average molecular weight is 466 g/mol. The summed E-state index contributed by atoms with van der Waals surface area (Å²) >= 11 is 0. The zero-order valence-corrected chi connectivity index (χ0v) is 19.2. The van der Waals surface area contributed by atoms with Gasteiger partial charge in [-0.25, -0.2) is 13.4 Å². The number of hydrogen-bond acceptors (Lipinski definition) is 6. The van der Waals surface area contributed by atoms with Crippen molar-refractivity contribution in [2.75, 3.05) is 35.8 Å². The molecule has 0 aliphatic carbocycles. The smallest absolute Gasteiger partial charge is 0.261 e. The fourth-order valence-electron chi connectivity index (χ4n) is 3.61. The molecule has 172 valence electrons. The topological polar surface area (TPSA) is 103 Å². The number of rotatable bonds is 7. The van der Waals surface area contributed by atoms with Crippen LogP contribution in [-0.4, -0.2) is 45.5 Å². The summed E-state index contributed by atoms with van der Waals surface area (Å²) < 4.78 is 28.2. The molecule has 9 heteroatoms. The van der Waals surface area contributed by atoms with E-state index in [4.69, 9.17) is 0 Å². The number of carbonyl (C=O) groups excluding carboxylic acids is 1. The number of aromatic nitrogens is 1. The molecule has 1 aromatic heterocycles. The van der Waals surface area contributed by atoms with Crippen molar-refractivity contribution in [3.8, 4) is 0 Å². The number of nitrogens with zero attached hydrogens (tertiary/aromatic N) is 2. The summed E-state index contributed by atoms with van der Waals surface area (Å²) in [4.78, 5) is 19.8. The number of sulfonamides is 1. The van der Waals surface area contributed by atoms with Gasteiger partial charge in [0.1, 0.15) is 5.82 Å². The second-order valence-electron chi connectivity index (χ2n) is 7.92. The summed E-state index contributed by atoms with van der Waals surface area (Å²) in [6.45, 7) is 5.24. The van der Waals surface area contributed by atoms with Gasteiger partial charge in [-0.05, 0) is 30.7 Å². The Morgan fingerprint density at radius 1 is 1.06 bits per heavy atom. The molecule has 4 rings (SSSR count). The lowest BCUT2D eigenvalue weighted by atomic mass is 10.1. The lowest BCUT2D eigenvalue weighted by Crippen LogP contribution is -2.44. The fraction of sp³-hybridized carbons (Fsp3) is 0.250. The molecule has 0 bridgehead atoms. The summed E-state index contributed by atoms with van der Waals surface area (Å²) in [5.74, 6) is 0.233. The van der Waals surface area contributed by atoms with Crippen molar-refractivity contribution in [2.24, 2.45) is 0 Å². The van der Waals surface area contributed by atoms with Crippen molar-refractivity contribution in [1.82, 2.24) is 15.6 Å². The lowest BCUT2D eigenvalue weighted by Gasteiger charge is -2.30. The van der Waals surface area contributed by atoms with Gasteiger partial charge in [0.25, 0.3) is 15.9 Å². The maximum atomic E-state index is 13.1. The van der Waals surface area contributed by atoms with Gasteiger partial charge in [0.15, 0.2) is 0 Å². The van der Waals surface area contributed by atoms with Crippen LogP contribution < -0.4 is 20.3 Å². The SMILES string of the molecule is Cc1ccc(S(=O)(=O)Nc2cnc(N3CCNCC3)c(C(=O)NCc3ccccc3)c2)cc1. The van der Waals surface area contributed by atoms with E-state index in [1.54, 1.807) is 30.3 Å². The number of benzene rings is 2. The minimum atomic E-state index is -3.81. The highest BCUT2D eigenvalue weighted by atomic mass is 32.2. The Labute approximate surface area is 194 Å². The van der Waals surface area contributed by atoms with Crippen LogP contribution in [0.3, 0.4) is 0 Å². The van der Waals surface area contributed by atoms with Gasteiger partial charge < -0.3 is 15.5 Å². The highest BCUT2D eigenvalue weighted by molar-refractivity contribution is 7.92. The fourth-order valence-corrected chi connectivity index (χ4v) is 4.65. The van der Waals surface area contributed by atoms with Gasteiger partial charge in [-0.15, -0.1) is 0 Å². The van der Waals surface area contributed by atoms with Gasteiger partial charge in [-0.3, -0.25) is 9.52 Å². The Morgan fingerprint density at radius 2 is 1.76 bits per heavy atom. The number of aryl methyl sites for hydroxylation is 1. The monoisotopic (exact) mass is 465 g/mol. The highest BCUT2D eigenvalue weighted by Crippen LogP contribution is 2.24. The second kappa shape index (κ2) is 10.0. The van der Waals surface area contributed by atoms with Gasteiger partial charge in [-0.1, -0.05) is 48.0 Å². The van der Waals surface area contributed by atoms with Crippen molar-refractivity contribution in [1.29, 1.82) is 0 Å². The Morgan fingerprint density at radius 3 is 2.45 bits per heavy atom. The molecule has 3 aromatic rings. The van der Waals surface area contributed by atoms with Gasteiger partial charge in [0, 0.05) is 32.7 Å². The van der Waals surface area contributed by atoms with Gasteiger partial charge in [0.05, 0.1) is 22.3 Å². The van der Waals surface area contributed by atoms with E-state index in [2.05, 4.69) is 20.3 Å². The van der Waals surface area contributed by atoms with Crippen molar-refractivity contribution in [3.05, 3.63) is 83.6 Å². The van der Waals surface area contributed by atoms with Crippen LogP contribution in [0, 0.1) is 6.92 Å². The van der Waals surface area contributed by atoms with Gasteiger partial charge in [-0.2, -0.15) is 0 Å². The summed E-state index contributed by atoms with van der Waals surface area (Å²) in [6.07, 6.45) is 1.46. The number of amides is 1. The van der Waals surface area contributed by atoms with E-state index >= 15 is 0 Å². The molecule has 33 heavy (non-hydrogen) atoms. The van der Waals surface area contributed by atoms with Crippen LogP contribution >= 0.6 is 0 Å². The van der Waals surface area contributed by atoms with Crippen LogP contribution in [0.2, 0.25) is 0 Å². The average Bonchev–Trinajstić information content (AvgIpc) is 2.84. The highest BCUT2D eigenvalue weighted by Gasteiger charge is 2.22. The Balaban J connectivity index is 1.61. The van der Waals surface area contributed by atoms with Crippen LogP contribution in [0.15, 0.2) is 71.8 Å². The van der Waals surface area contributed by atoms with E-state index in [0.29, 0.717) is 31.0 Å². The number of nitrogens with one attached hydrogen (secondary N) is 3. The minimum Gasteiger partial charge on any atom is -0.353 e. The Kier molecular flexibility index (Phi) is 6.90. The summed E-state index contributed by atoms with van der Waals surface area (Å²) in [7, 11) is -3.81. The summed E-state index contributed by atoms with van der Waals surface area (Å²) in [6, 6.07) is 17.7. The molecular formula is C24H27N5O3S. The Hall–Kier alpha value is -3.43. The third-order valence-corrected chi connectivity index (χ3v) is 6.80. The third kappa shape index (κ3) is 5.68. The molecule has 1 saturated heterocycles. The molecule has 0 radical (unpaired) electrons. The van der Waals surface area contributed by atoms with Crippen LogP contribution in [-0.2, 0) is 16.6 Å². The molecule has 2 heterocycles. The predicted molar refractivity (Wildman–Crippen MR) is 129 cm³/mol. The molecular weight excluding hydrogens is 438 g/mol. The van der Waals surface area contributed by atoms with Gasteiger partial charge in [0.2, 0.25) is 0 Å². The van der Waals surface area contributed by atoms with Crippen LogP contribution in [0.1, 0.15) is 21.5 Å². The van der Waals surface area contributed by atoms with E-state index < -0.39 is 10.0 Å². The van der Waals surface area contributed by atoms with Crippen molar-refractivity contribution < 1.29 is 13.2 Å². The van der Waals surface area contributed by atoms with E-state index in [0.717, 1.165) is 24.2 Å². The minimum absolute atomic E-state index is 0.148. The third-order valence-electron chi connectivity index (χ3n) is 5.41. The number of pyridine rings is 1. The summed E-state index contributed by atoms with van der Waals surface area (Å²) in [5.41, 5.74) is 2.50. The molecule has 1 aliphatic rings. The normalized spacial score (nSPS) is 14.0. The lowest BCUT2D eigenvalue weighted by molar-refractivity contribution is 0.0951. The molecule has 0 atom stereocenters. The zero-order valence-electron chi connectivity index (χ0n) is 18.4. The molecule has 0 unspecified atom stereocenters. The first-order chi connectivity index (χ1) is 15.9. The quantitative estimate of drug-likeness (QED) is 0.496. The maximum Gasteiger partial charge on any atom is 0.261 e. The first kappa shape index (κ1) is 22.8. The molecule has 1 amide bonds. The Bertz CT molecular complexity index is 1210. The standard InChI is InChI=1S/C24H27N5O3S/c1-18-7-9-21(10-8-18)33(31,32)28-20-15-22(23(26-17-20)29-13-11-25-12-14-29)24(30)27-16-19-5-3-2-4-6-19/h2-10,15,17,25,28H,11-14,16H2,1H3,(H,27,30). The number of piperazine rings is 1. The molecule has 0 saturated carbocycles. The second-order valence-corrected chi connectivity index (χ2v) is 9.60. The number of anilines is 2. The van der Waals surface area contributed by atoms with E-state index in [1.807, 2.05) is 42.2 Å². The van der Waals surface area contributed by atoms with Crippen LogP contribution in [0.25, 0.3) is 0 Å². The van der Waals surface area contributed by atoms with Crippen LogP contribution in [0.4, 0.5) is 11.5 Å². The maximum absolute atomic E-state index is 13.1. The molecule has 1 aliphatic heterocycles. The van der Waals surface area contributed by atoms with Crippen LogP contribution in [0.5, 0.6) is 0 Å². The molecule has 1 fully saturated rings. The van der Waals surface area contributed by atoms with Crippen molar-refractivity contribution in [3.63, 3.8) is 0 Å². The number of carbonyl (C=O) groups is 1. The molecule has 0 spiro atoms. The van der Waals surface area contributed by atoms with E-state index in [1.165, 1.54) is 6.20 Å². The first-order valence-corrected chi connectivity index (χ1v) is 12.3. The summed E-state index contributed by atoms with van der Waals surface area (Å²) in [5, 5.41) is 6.21. The predicted octanol–water partition coefficient (Wildman–Crippen LogP) is 2.53. The largest absolute Gasteiger partial charge is 0.353 e. The number of hydrogen-bond donors (Lipinski definition) is 3.